The third-order valence-electron chi connectivity index (χ3n) is 7.36. The molecule has 9 heteroatoms. The van der Waals surface area contributed by atoms with Crippen molar-refractivity contribution >= 4 is 11.8 Å². The fraction of sp³-hybridized carbons (Fsp3) is 0.314. The highest BCUT2D eigenvalue weighted by Gasteiger charge is 2.25. The Morgan fingerprint density at radius 2 is 1.48 bits per heavy atom. The SMILES string of the molecule is COCCCN(CC(=O)N(Cc1ccccc1)Cc1cccn1Cc1cccc(OC)c1)C(=O)c1ccc(OC)cc1OC. The van der Waals surface area contributed by atoms with Gasteiger partial charge in [-0.15, -0.1) is 0 Å². The van der Waals surface area contributed by atoms with Crippen molar-refractivity contribution < 1.29 is 28.5 Å². The maximum absolute atomic E-state index is 14.1. The molecule has 0 radical (unpaired) electrons. The Balaban J connectivity index is 1.59. The number of rotatable bonds is 16. The lowest BCUT2D eigenvalue weighted by atomic mass is 10.1. The molecular weight excluding hydrogens is 558 g/mol. The number of nitrogens with zero attached hydrogens (tertiary/aromatic N) is 3. The molecule has 3 aromatic carbocycles. The summed E-state index contributed by atoms with van der Waals surface area (Å²) in [7, 11) is 6.34. The van der Waals surface area contributed by atoms with Crippen LogP contribution >= 0.6 is 0 Å². The molecule has 1 aromatic heterocycles. The molecule has 2 amide bonds. The van der Waals surface area contributed by atoms with Crippen LogP contribution in [0.25, 0.3) is 0 Å². The first-order valence-corrected chi connectivity index (χ1v) is 14.5. The Kier molecular flexibility index (Phi) is 11.8. The molecule has 4 rings (SSSR count). The number of hydrogen-bond acceptors (Lipinski definition) is 6. The highest BCUT2D eigenvalue weighted by molar-refractivity contribution is 5.99. The molecule has 0 unspecified atom stereocenters. The third-order valence-corrected chi connectivity index (χ3v) is 7.36. The van der Waals surface area contributed by atoms with E-state index in [1.165, 1.54) is 7.11 Å². The predicted molar refractivity (Wildman–Crippen MR) is 169 cm³/mol. The van der Waals surface area contributed by atoms with E-state index in [1.807, 2.05) is 66.9 Å². The lowest BCUT2D eigenvalue weighted by Crippen LogP contribution is -2.43. The molecule has 0 aliphatic carbocycles. The van der Waals surface area contributed by atoms with Crippen molar-refractivity contribution in [3.63, 3.8) is 0 Å². The zero-order valence-electron chi connectivity index (χ0n) is 25.9. The Morgan fingerprint density at radius 3 is 2.20 bits per heavy atom. The summed E-state index contributed by atoms with van der Waals surface area (Å²) in [5.41, 5.74) is 3.43. The zero-order chi connectivity index (χ0) is 31.3. The van der Waals surface area contributed by atoms with Gasteiger partial charge >= 0.3 is 0 Å². The molecule has 1 heterocycles. The van der Waals surface area contributed by atoms with Crippen LogP contribution in [0, 0.1) is 0 Å². The first kappa shape index (κ1) is 32.2. The van der Waals surface area contributed by atoms with Crippen molar-refractivity contribution in [1.82, 2.24) is 14.4 Å². The molecule has 0 N–H and O–H groups in total. The normalized spacial score (nSPS) is 10.7. The van der Waals surface area contributed by atoms with Gasteiger partial charge in [-0.3, -0.25) is 9.59 Å². The molecule has 9 nitrogen and oxygen atoms in total. The van der Waals surface area contributed by atoms with Gasteiger partial charge in [-0.25, -0.2) is 0 Å². The van der Waals surface area contributed by atoms with E-state index in [2.05, 4.69) is 10.6 Å². The van der Waals surface area contributed by atoms with Gasteiger partial charge in [0.25, 0.3) is 5.91 Å². The number of amides is 2. The van der Waals surface area contributed by atoms with Crippen molar-refractivity contribution in [3.8, 4) is 17.2 Å². The van der Waals surface area contributed by atoms with Gasteiger partial charge in [-0.2, -0.15) is 0 Å². The number of carbonyl (C=O) groups excluding carboxylic acids is 2. The summed E-state index contributed by atoms with van der Waals surface area (Å²) < 4.78 is 23.6. The summed E-state index contributed by atoms with van der Waals surface area (Å²) in [6.45, 7) is 2.11. The van der Waals surface area contributed by atoms with Gasteiger partial charge in [0.2, 0.25) is 5.91 Å². The molecule has 0 fully saturated rings. The summed E-state index contributed by atoms with van der Waals surface area (Å²) in [4.78, 5) is 31.3. The summed E-state index contributed by atoms with van der Waals surface area (Å²) in [5.74, 6) is 1.29. The molecule has 4 aromatic rings. The fourth-order valence-corrected chi connectivity index (χ4v) is 5.01. The van der Waals surface area contributed by atoms with Gasteiger partial charge in [0.15, 0.2) is 0 Å². The van der Waals surface area contributed by atoms with E-state index < -0.39 is 0 Å². The minimum atomic E-state index is -0.296. The highest BCUT2D eigenvalue weighted by Crippen LogP contribution is 2.26. The number of methoxy groups -OCH3 is 4. The first-order valence-electron chi connectivity index (χ1n) is 14.5. The van der Waals surface area contributed by atoms with Crippen molar-refractivity contribution in [2.45, 2.75) is 26.1 Å². The van der Waals surface area contributed by atoms with Crippen LogP contribution in [0.3, 0.4) is 0 Å². The highest BCUT2D eigenvalue weighted by atomic mass is 16.5. The molecule has 232 valence electrons. The minimum absolute atomic E-state index is 0.0961. The van der Waals surface area contributed by atoms with E-state index in [-0.39, 0.29) is 18.4 Å². The van der Waals surface area contributed by atoms with Crippen LogP contribution < -0.4 is 14.2 Å². The van der Waals surface area contributed by atoms with Gasteiger partial charge in [0.05, 0.1) is 33.4 Å². The van der Waals surface area contributed by atoms with Crippen molar-refractivity contribution in [3.05, 3.63) is 114 Å². The lowest BCUT2D eigenvalue weighted by Gasteiger charge is -2.29. The lowest BCUT2D eigenvalue weighted by molar-refractivity contribution is -0.133. The molecule has 0 aliphatic rings. The van der Waals surface area contributed by atoms with Gasteiger partial charge in [-0.05, 0) is 53.9 Å². The number of hydrogen-bond donors (Lipinski definition) is 0. The molecule has 0 saturated carbocycles. The Hall–Kier alpha value is -4.76. The topological polar surface area (TPSA) is 82.5 Å². The Labute approximate surface area is 259 Å². The number of ether oxygens (including phenoxy) is 4. The molecule has 0 atom stereocenters. The smallest absolute Gasteiger partial charge is 0.258 e. The van der Waals surface area contributed by atoms with E-state index in [0.29, 0.717) is 56.3 Å². The van der Waals surface area contributed by atoms with E-state index >= 15 is 0 Å². The van der Waals surface area contributed by atoms with Crippen molar-refractivity contribution in [1.29, 1.82) is 0 Å². The van der Waals surface area contributed by atoms with E-state index in [0.717, 1.165) is 22.6 Å². The average Bonchev–Trinajstić information content (AvgIpc) is 3.49. The third kappa shape index (κ3) is 8.64. The van der Waals surface area contributed by atoms with Gasteiger partial charge in [-0.1, -0.05) is 42.5 Å². The van der Waals surface area contributed by atoms with Crippen LogP contribution in [-0.2, 0) is 29.2 Å². The zero-order valence-corrected chi connectivity index (χ0v) is 25.9. The standard InChI is InChI=1S/C35H41N3O6/c1-41-20-10-19-37(35(40)32-17-16-31(43-3)22-33(32)44-4)26-34(39)38(23-27-11-6-5-7-12-27)25-29-14-9-18-36(29)24-28-13-8-15-30(21-28)42-2/h5-9,11-18,21-22H,10,19-20,23-26H2,1-4H3. The quantitative estimate of drug-likeness (QED) is 0.163. The number of carbonyl (C=O) groups is 2. The van der Waals surface area contributed by atoms with Crippen LogP contribution in [0.2, 0.25) is 0 Å². The molecule has 0 bridgehead atoms. The summed E-state index contributed by atoms with van der Waals surface area (Å²) in [6.07, 6.45) is 2.59. The van der Waals surface area contributed by atoms with E-state index in [1.54, 1.807) is 49.3 Å². The second-order valence-corrected chi connectivity index (χ2v) is 10.4. The largest absolute Gasteiger partial charge is 0.497 e. The monoisotopic (exact) mass is 599 g/mol. The minimum Gasteiger partial charge on any atom is -0.497 e. The van der Waals surface area contributed by atoms with Gasteiger partial charge < -0.3 is 33.3 Å². The summed E-state index contributed by atoms with van der Waals surface area (Å²) >= 11 is 0. The van der Waals surface area contributed by atoms with E-state index in [9.17, 15) is 9.59 Å². The second-order valence-electron chi connectivity index (χ2n) is 10.4. The van der Waals surface area contributed by atoms with Crippen LogP contribution in [0.4, 0.5) is 0 Å². The molecule has 0 aliphatic heterocycles. The molecule has 0 spiro atoms. The van der Waals surface area contributed by atoms with Crippen molar-refractivity contribution in [2.24, 2.45) is 0 Å². The predicted octanol–water partition coefficient (Wildman–Crippen LogP) is 5.27. The summed E-state index contributed by atoms with van der Waals surface area (Å²) in [6, 6.07) is 26.9. The van der Waals surface area contributed by atoms with Gasteiger partial charge in [0.1, 0.15) is 23.8 Å². The van der Waals surface area contributed by atoms with Crippen molar-refractivity contribution in [2.75, 3.05) is 48.1 Å². The van der Waals surface area contributed by atoms with Crippen LogP contribution in [0.5, 0.6) is 17.2 Å². The first-order chi connectivity index (χ1) is 21.4. The second kappa shape index (κ2) is 16.2. The van der Waals surface area contributed by atoms with Crippen LogP contribution in [0.15, 0.2) is 91.1 Å². The molecular formula is C35H41N3O6. The van der Waals surface area contributed by atoms with Gasteiger partial charge in [0, 0.05) is 51.3 Å². The maximum Gasteiger partial charge on any atom is 0.258 e. The Morgan fingerprint density at radius 1 is 0.727 bits per heavy atom. The van der Waals surface area contributed by atoms with E-state index in [4.69, 9.17) is 18.9 Å². The Bertz CT molecular complexity index is 1500. The van der Waals surface area contributed by atoms with Crippen LogP contribution in [0.1, 0.15) is 33.6 Å². The average molecular weight is 600 g/mol. The number of benzene rings is 3. The fourth-order valence-electron chi connectivity index (χ4n) is 5.01. The summed E-state index contributed by atoms with van der Waals surface area (Å²) in [5, 5.41) is 0. The number of aromatic nitrogens is 1. The van der Waals surface area contributed by atoms with Crippen LogP contribution in [-0.4, -0.2) is 74.3 Å². The maximum atomic E-state index is 14.1. The molecule has 0 saturated heterocycles. The molecule has 44 heavy (non-hydrogen) atoms.